The summed E-state index contributed by atoms with van der Waals surface area (Å²) >= 11 is 0. The van der Waals surface area contributed by atoms with Crippen molar-refractivity contribution < 1.29 is 4.79 Å². The number of rotatable bonds is 5. The second-order valence-corrected chi connectivity index (χ2v) is 5.08. The number of nitrogens with one attached hydrogen (secondary N) is 1. The molecule has 2 saturated carbocycles. The highest BCUT2D eigenvalue weighted by molar-refractivity contribution is 5.92. The highest BCUT2D eigenvalue weighted by atomic mass is 16.2. The van der Waals surface area contributed by atoms with Crippen molar-refractivity contribution in [3.8, 4) is 0 Å². The molecule has 0 aromatic carbocycles. The largest absolute Gasteiger partial charge is 0.334 e. The number of carbonyl (C=O) groups is 1. The SMILES string of the molecule is NNc1ccc(C(=O)N(CC2CC2)C2CC2)nn1. The smallest absolute Gasteiger partial charge is 0.274 e. The van der Waals surface area contributed by atoms with Crippen LogP contribution in [0.3, 0.4) is 0 Å². The third-order valence-corrected chi connectivity index (χ3v) is 3.43. The molecule has 96 valence electrons. The summed E-state index contributed by atoms with van der Waals surface area (Å²) in [4.78, 5) is 14.3. The van der Waals surface area contributed by atoms with Gasteiger partial charge in [-0.2, -0.15) is 0 Å². The molecule has 1 amide bonds. The Balaban J connectivity index is 1.73. The first kappa shape index (κ1) is 11.4. The quantitative estimate of drug-likeness (QED) is 0.593. The third kappa shape index (κ3) is 2.43. The fourth-order valence-electron chi connectivity index (χ4n) is 2.03. The number of aromatic nitrogens is 2. The molecule has 0 saturated heterocycles. The molecule has 2 fully saturated rings. The summed E-state index contributed by atoms with van der Waals surface area (Å²) in [6.07, 6.45) is 4.74. The Hall–Kier alpha value is -1.69. The zero-order chi connectivity index (χ0) is 12.5. The Morgan fingerprint density at radius 1 is 1.33 bits per heavy atom. The van der Waals surface area contributed by atoms with Crippen LogP contribution in [0.5, 0.6) is 0 Å². The van der Waals surface area contributed by atoms with E-state index in [0.29, 0.717) is 23.5 Å². The summed E-state index contributed by atoms with van der Waals surface area (Å²) in [5.74, 6) is 6.39. The Morgan fingerprint density at radius 3 is 2.61 bits per heavy atom. The van der Waals surface area contributed by atoms with E-state index in [0.717, 1.165) is 19.4 Å². The minimum absolute atomic E-state index is 0.000437. The highest BCUT2D eigenvalue weighted by Gasteiger charge is 2.37. The van der Waals surface area contributed by atoms with E-state index >= 15 is 0 Å². The van der Waals surface area contributed by atoms with Gasteiger partial charge in [0.2, 0.25) is 0 Å². The number of hydrogen-bond donors (Lipinski definition) is 2. The second kappa shape index (κ2) is 4.53. The summed E-state index contributed by atoms with van der Waals surface area (Å²) in [6.45, 7) is 0.877. The van der Waals surface area contributed by atoms with Crippen LogP contribution in [-0.2, 0) is 0 Å². The van der Waals surface area contributed by atoms with Crippen molar-refractivity contribution in [3.05, 3.63) is 17.8 Å². The maximum Gasteiger partial charge on any atom is 0.274 e. The van der Waals surface area contributed by atoms with E-state index in [1.165, 1.54) is 12.8 Å². The lowest BCUT2D eigenvalue weighted by Gasteiger charge is -2.21. The molecular formula is C12H17N5O. The molecule has 1 aromatic rings. The van der Waals surface area contributed by atoms with Gasteiger partial charge in [0, 0.05) is 12.6 Å². The normalized spacial score (nSPS) is 18.5. The van der Waals surface area contributed by atoms with E-state index in [-0.39, 0.29) is 5.91 Å². The number of nitrogens with zero attached hydrogens (tertiary/aromatic N) is 3. The first-order chi connectivity index (χ1) is 8.78. The molecule has 1 heterocycles. The molecule has 1 aromatic heterocycles. The van der Waals surface area contributed by atoms with Gasteiger partial charge < -0.3 is 10.3 Å². The van der Waals surface area contributed by atoms with Gasteiger partial charge in [-0.3, -0.25) is 4.79 Å². The lowest BCUT2D eigenvalue weighted by Crippen LogP contribution is -2.35. The van der Waals surface area contributed by atoms with Gasteiger partial charge in [-0.15, -0.1) is 10.2 Å². The van der Waals surface area contributed by atoms with Crippen LogP contribution in [0.15, 0.2) is 12.1 Å². The molecule has 2 aliphatic carbocycles. The van der Waals surface area contributed by atoms with Crippen molar-refractivity contribution in [2.75, 3.05) is 12.0 Å². The van der Waals surface area contributed by atoms with Crippen molar-refractivity contribution in [3.63, 3.8) is 0 Å². The van der Waals surface area contributed by atoms with Crippen molar-refractivity contribution in [2.24, 2.45) is 11.8 Å². The van der Waals surface area contributed by atoms with Crippen LogP contribution >= 0.6 is 0 Å². The molecule has 0 unspecified atom stereocenters. The van der Waals surface area contributed by atoms with Crippen LogP contribution in [0.1, 0.15) is 36.2 Å². The second-order valence-electron chi connectivity index (χ2n) is 5.08. The molecule has 3 N–H and O–H groups in total. The molecule has 0 spiro atoms. The van der Waals surface area contributed by atoms with Crippen LogP contribution in [0, 0.1) is 5.92 Å². The molecule has 0 atom stereocenters. The predicted molar refractivity (Wildman–Crippen MR) is 66.6 cm³/mol. The molecule has 18 heavy (non-hydrogen) atoms. The van der Waals surface area contributed by atoms with Gasteiger partial charge in [0.25, 0.3) is 5.91 Å². The summed E-state index contributed by atoms with van der Waals surface area (Å²) < 4.78 is 0. The third-order valence-electron chi connectivity index (χ3n) is 3.43. The van der Waals surface area contributed by atoms with Gasteiger partial charge in [0.05, 0.1) is 0 Å². The Kier molecular flexibility index (Phi) is 2.87. The van der Waals surface area contributed by atoms with Crippen molar-refractivity contribution in [1.29, 1.82) is 0 Å². The van der Waals surface area contributed by atoms with Gasteiger partial charge in [0.1, 0.15) is 0 Å². The fourth-order valence-corrected chi connectivity index (χ4v) is 2.03. The fraction of sp³-hybridized carbons (Fsp3) is 0.583. The van der Waals surface area contributed by atoms with Crippen LogP contribution in [0.4, 0.5) is 5.82 Å². The number of hydrogen-bond acceptors (Lipinski definition) is 5. The average Bonchev–Trinajstić information content (AvgIpc) is 3.28. The number of nitrogens with two attached hydrogens (primary N) is 1. The van der Waals surface area contributed by atoms with Crippen LogP contribution < -0.4 is 11.3 Å². The number of nitrogen functional groups attached to an aromatic ring is 1. The van der Waals surface area contributed by atoms with E-state index < -0.39 is 0 Å². The van der Waals surface area contributed by atoms with Crippen molar-refractivity contribution in [1.82, 2.24) is 15.1 Å². The van der Waals surface area contributed by atoms with Gasteiger partial charge in [-0.25, -0.2) is 5.84 Å². The van der Waals surface area contributed by atoms with Crippen molar-refractivity contribution >= 4 is 11.7 Å². The van der Waals surface area contributed by atoms with Crippen LogP contribution in [0.2, 0.25) is 0 Å². The maximum absolute atomic E-state index is 12.4. The summed E-state index contributed by atoms with van der Waals surface area (Å²) in [7, 11) is 0. The monoisotopic (exact) mass is 247 g/mol. The minimum Gasteiger partial charge on any atom is -0.334 e. The standard InChI is InChI=1S/C12H17N5O/c13-14-11-6-5-10(15-16-11)12(18)17(9-3-4-9)7-8-1-2-8/h5-6,8-9H,1-4,7,13H2,(H,14,16). The number of carbonyl (C=O) groups excluding carboxylic acids is 1. The van der Waals surface area contributed by atoms with E-state index in [9.17, 15) is 4.79 Å². The Labute approximate surface area is 106 Å². The summed E-state index contributed by atoms with van der Waals surface area (Å²) in [5, 5.41) is 7.77. The van der Waals surface area contributed by atoms with E-state index in [4.69, 9.17) is 5.84 Å². The maximum atomic E-state index is 12.4. The van der Waals surface area contributed by atoms with Crippen LogP contribution in [0.25, 0.3) is 0 Å². The van der Waals surface area contributed by atoms with Crippen LogP contribution in [-0.4, -0.2) is 33.6 Å². The number of amides is 1. The lowest BCUT2D eigenvalue weighted by atomic mass is 10.3. The van der Waals surface area contributed by atoms with E-state index in [1.807, 2.05) is 4.90 Å². The predicted octanol–water partition coefficient (Wildman–Crippen LogP) is 0.777. The summed E-state index contributed by atoms with van der Waals surface area (Å²) in [6, 6.07) is 3.77. The highest BCUT2D eigenvalue weighted by Crippen LogP contribution is 2.35. The molecule has 2 aliphatic rings. The molecule has 0 bridgehead atoms. The van der Waals surface area contributed by atoms with E-state index in [1.54, 1.807) is 12.1 Å². The molecule has 3 rings (SSSR count). The summed E-state index contributed by atoms with van der Waals surface area (Å²) in [5.41, 5.74) is 2.81. The lowest BCUT2D eigenvalue weighted by molar-refractivity contribution is 0.0727. The van der Waals surface area contributed by atoms with Gasteiger partial charge >= 0.3 is 0 Å². The average molecular weight is 247 g/mol. The van der Waals surface area contributed by atoms with Crippen molar-refractivity contribution in [2.45, 2.75) is 31.7 Å². The zero-order valence-corrected chi connectivity index (χ0v) is 10.2. The molecule has 0 aliphatic heterocycles. The Morgan fingerprint density at radius 2 is 2.11 bits per heavy atom. The first-order valence-corrected chi connectivity index (χ1v) is 6.39. The zero-order valence-electron chi connectivity index (χ0n) is 10.2. The Bertz CT molecular complexity index is 438. The van der Waals surface area contributed by atoms with Gasteiger partial charge in [-0.1, -0.05) is 0 Å². The number of hydrazine groups is 1. The van der Waals surface area contributed by atoms with Gasteiger partial charge in [0.15, 0.2) is 11.5 Å². The topological polar surface area (TPSA) is 84.1 Å². The first-order valence-electron chi connectivity index (χ1n) is 6.39. The van der Waals surface area contributed by atoms with Gasteiger partial charge in [-0.05, 0) is 43.7 Å². The molecule has 6 heteroatoms. The number of anilines is 1. The molecule has 0 radical (unpaired) electrons. The minimum atomic E-state index is 0.000437. The molecule has 6 nitrogen and oxygen atoms in total. The molecular weight excluding hydrogens is 230 g/mol. The van der Waals surface area contributed by atoms with E-state index in [2.05, 4.69) is 15.6 Å².